The van der Waals surface area contributed by atoms with E-state index < -0.39 is 0 Å². The smallest absolute Gasteiger partial charge is 0.159 e. The molecule has 1 atom stereocenters. The van der Waals surface area contributed by atoms with Gasteiger partial charge < -0.3 is 15.4 Å². The average Bonchev–Trinajstić information content (AvgIpc) is 2.84. The van der Waals surface area contributed by atoms with Gasteiger partial charge in [0, 0.05) is 13.2 Å². The van der Waals surface area contributed by atoms with Crippen molar-refractivity contribution >= 4 is 11.0 Å². The van der Waals surface area contributed by atoms with Crippen LogP contribution in [-0.4, -0.2) is 26.2 Å². The first kappa shape index (κ1) is 12.8. The van der Waals surface area contributed by atoms with Crippen molar-refractivity contribution in [2.24, 2.45) is 12.8 Å². The predicted molar refractivity (Wildman–Crippen MR) is 78.0 cm³/mol. The van der Waals surface area contributed by atoms with E-state index in [1.165, 1.54) is 0 Å². The van der Waals surface area contributed by atoms with Gasteiger partial charge in [-0.05, 0) is 29.8 Å². The van der Waals surface area contributed by atoms with Gasteiger partial charge in [-0.3, -0.25) is 4.98 Å². The van der Waals surface area contributed by atoms with Gasteiger partial charge in [0.1, 0.15) is 5.69 Å². The Balaban J connectivity index is 2.15. The average molecular weight is 268 g/mol. The van der Waals surface area contributed by atoms with Crippen LogP contribution in [0, 0.1) is 0 Å². The molecule has 0 aliphatic carbocycles. The lowest BCUT2D eigenvalue weighted by atomic mass is 10.1. The summed E-state index contributed by atoms with van der Waals surface area (Å²) in [7, 11) is 1.96. The third kappa shape index (κ3) is 2.07. The van der Waals surface area contributed by atoms with E-state index in [1.807, 2.05) is 48.0 Å². The number of benzene rings is 1. The molecule has 1 aromatic carbocycles. The summed E-state index contributed by atoms with van der Waals surface area (Å²) in [5, 5.41) is 9.14. The molecule has 0 bridgehead atoms. The number of aryl methyl sites for hydroxylation is 1. The number of hydrogen-bond donors (Lipinski definition) is 2. The minimum Gasteiger partial charge on any atom is -0.394 e. The molecule has 0 radical (unpaired) electrons. The summed E-state index contributed by atoms with van der Waals surface area (Å²) in [5.74, 6) is 0.815. The van der Waals surface area contributed by atoms with Gasteiger partial charge in [0.2, 0.25) is 0 Å². The maximum absolute atomic E-state index is 9.14. The van der Waals surface area contributed by atoms with Crippen LogP contribution in [0.25, 0.3) is 22.6 Å². The number of nitrogens with zero attached hydrogens (tertiary/aromatic N) is 3. The summed E-state index contributed by atoms with van der Waals surface area (Å²) < 4.78 is 2.01. The molecule has 2 heterocycles. The van der Waals surface area contributed by atoms with Crippen LogP contribution >= 0.6 is 0 Å². The molecule has 102 valence electrons. The molecular formula is C15H16N4O. The molecule has 3 rings (SSSR count). The Morgan fingerprint density at radius 3 is 2.85 bits per heavy atom. The standard InChI is InChI=1S/C15H16N4O/c1-19-14-6-5-10(11(16)9-20)8-13(14)18-15(19)12-4-2-3-7-17-12/h2-8,11,20H,9,16H2,1H3. The van der Waals surface area contributed by atoms with Crippen LogP contribution in [0.3, 0.4) is 0 Å². The van der Waals surface area contributed by atoms with E-state index >= 15 is 0 Å². The van der Waals surface area contributed by atoms with Crippen LogP contribution in [0.2, 0.25) is 0 Å². The molecule has 3 N–H and O–H groups in total. The van der Waals surface area contributed by atoms with E-state index in [9.17, 15) is 0 Å². The number of rotatable bonds is 3. The number of imidazole rings is 1. The molecule has 0 spiro atoms. The Hall–Kier alpha value is -2.24. The van der Waals surface area contributed by atoms with E-state index in [0.717, 1.165) is 28.1 Å². The number of aliphatic hydroxyl groups is 1. The molecule has 0 aliphatic rings. The van der Waals surface area contributed by atoms with Crippen molar-refractivity contribution in [2.45, 2.75) is 6.04 Å². The topological polar surface area (TPSA) is 77.0 Å². The number of fused-ring (bicyclic) bond motifs is 1. The Kier molecular flexibility index (Phi) is 3.22. The molecule has 0 saturated carbocycles. The van der Waals surface area contributed by atoms with Gasteiger partial charge in [-0.2, -0.15) is 0 Å². The summed E-state index contributed by atoms with van der Waals surface area (Å²) in [6.07, 6.45) is 1.75. The molecule has 0 fully saturated rings. The van der Waals surface area contributed by atoms with Gasteiger partial charge in [-0.25, -0.2) is 4.98 Å². The zero-order valence-electron chi connectivity index (χ0n) is 11.2. The molecule has 0 saturated heterocycles. The fourth-order valence-corrected chi connectivity index (χ4v) is 2.28. The van der Waals surface area contributed by atoms with E-state index in [4.69, 9.17) is 10.8 Å². The first-order valence-corrected chi connectivity index (χ1v) is 6.45. The predicted octanol–water partition coefficient (Wildman–Crippen LogP) is 1.63. The summed E-state index contributed by atoms with van der Waals surface area (Å²) in [6.45, 7) is -0.0779. The zero-order chi connectivity index (χ0) is 14.1. The molecule has 0 aliphatic heterocycles. The van der Waals surface area contributed by atoms with Crippen molar-refractivity contribution < 1.29 is 5.11 Å². The largest absolute Gasteiger partial charge is 0.394 e. The van der Waals surface area contributed by atoms with Crippen molar-refractivity contribution in [2.75, 3.05) is 6.61 Å². The molecule has 5 heteroatoms. The van der Waals surface area contributed by atoms with Crippen LogP contribution in [0.4, 0.5) is 0 Å². The lowest BCUT2D eigenvalue weighted by Gasteiger charge is -2.07. The third-order valence-corrected chi connectivity index (χ3v) is 3.42. The maximum atomic E-state index is 9.14. The molecule has 5 nitrogen and oxygen atoms in total. The highest BCUT2D eigenvalue weighted by molar-refractivity contribution is 5.80. The number of hydrogen-bond acceptors (Lipinski definition) is 4. The van der Waals surface area contributed by atoms with Crippen LogP contribution in [-0.2, 0) is 7.05 Å². The van der Waals surface area contributed by atoms with Gasteiger partial charge in [0.25, 0.3) is 0 Å². The quantitative estimate of drug-likeness (QED) is 0.757. The van der Waals surface area contributed by atoms with Crippen LogP contribution in [0.5, 0.6) is 0 Å². The van der Waals surface area contributed by atoms with Crippen molar-refractivity contribution in [1.82, 2.24) is 14.5 Å². The van der Waals surface area contributed by atoms with E-state index in [0.29, 0.717) is 0 Å². The zero-order valence-corrected chi connectivity index (χ0v) is 11.2. The monoisotopic (exact) mass is 268 g/mol. The van der Waals surface area contributed by atoms with Gasteiger partial charge in [0.15, 0.2) is 5.82 Å². The van der Waals surface area contributed by atoms with Crippen LogP contribution < -0.4 is 5.73 Å². The number of aromatic nitrogens is 3. The second-order valence-electron chi connectivity index (χ2n) is 4.75. The fraction of sp³-hybridized carbons (Fsp3) is 0.200. The lowest BCUT2D eigenvalue weighted by Crippen LogP contribution is -2.14. The molecular weight excluding hydrogens is 252 g/mol. The highest BCUT2D eigenvalue weighted by Crippen LogP contribution is 2.24. The van der Waals surface area contributed by atoms with Crippen molar-refractivity contribution in [1.29, 1.82) is 0 Å². The fourth-order valence-electron chi connectivity index (χ4n) is 2.28. The van der Waals surface area contributed by atoms with E-state index in [1.54, 1.807) is 6.20 Å². The van der Waals surface area contributed by atoms with Crippen molar-refractivity contribution in [3.05, 3.63) is 48.2 Å². The van der Waals surface area contributed by atoms with Gasteiger partial charge in [0.05, 0.1) is 23.7 Å². The van der Waals surface area contributed by atoms with Crippen LogP contribution in [0.1, 0.15) is 11.6 Å². The van der Waals surface area contributed by atoms with E-state index in [2.05, 4.69) is 9.97 Å². The second-order valence-corrected chi connectivity index (χ2v) is 4.75. The van der Waals surface area contributed by atoms with Crippen molar-refractivity contribution in [3.8, 4) is 11.5 Å². The normalized spacial score (nSPS) is 12.8. The van der Waals surface area contributed by atoms with E-state index in [-0.39, 0.29) is 12.6 Å². The van der Waals surface area contributed by atoms with Crippen molar-refractivity contribution in [3.63, 3.8) is 0 Å². The van der Waals surface area contributed by atoms with Gasteiger partial charge in [-0.1, -0.05) is 12.1 Å². The first-order chi connectivity index (χ1) is 9.70. The van der Waals surface area contributed by atoms with Crippen LogP contribution in [0.15, 0.2) is 42.6 Å². The SMILES string of the molecule is Cn1c(-c2ccccn2)nc2cc(C(N)CO)ccc21. The molecule has 3 aromatic rings. The Morgan fingerprint density at radius 1 is 1.30 bits per heavy atom. The number of pyridine rings is 1. The Labute approximate surface area is 116 Å². The first-order valence-electron chi connectivity index (χ1n) is 6.45. The molecule has 20 heavy (non-hydrogen) atoms. The van der Waals surface area contributed by atoms with Gasteiger partial charge >= 0.3 is 0 Å². The minimum absolute atomic E-state index is 0.0779. The Bertz CT molecular complexity index is 736. The summed E-state index contributed by atoms with van der Waals surface area (Å²) in [5.41, 5.74) is 9.43. The lowest BCUT2D eigenvalue weighted by molar-refractivity contribution is 0.268. The minimum atomic E-state index is -0.375. The number of nitrogens with two attached hydrogens (primary N) is 1. The highest BCUT2D eigenvalue weighted by Gasteiger charge is 2.12. The maximum Gasteiger partial charge on any atom is 0.159 e. The molecule has 1 unspecified atom stereocenters. The molecule has 0 amide bonds. The summed E-state index contributed by atoms with van der Waals surface area (Å²) >= 11 is 0. The number of aliphatic hydroxyl groups excluding tert-OH is 1. The third-order valence-electron chi connectivity index (χ3n) is 3.42. The molecule has 2 aromatic heterocycles. The summed E-state index contributed by atoms with van der Waals surface area (Å²) in [6, 6.07) is 11.2. The highest BCUT2D eigenvalue weighted by atomic mass is 16.3. The summed E-state index contributed by atoms with van der Waals surface area (Å²) in [4.78, 5) is 8.95. The Morgan fingerprint density at radius 2 is 2.15 bits per heavy atom. The van der Waals surface area contributed by atoms with Gasteiger partial charge in [-0.15, -0.1) is 0 Å². The second kappa shape index (κ2) is 5.03.